The van der Waals surface area contributed by atoms with Crippen LogP contribution in [0.5, 0.6) is 17.2 Å². The molecule has 0 saturated carbocycles. The summed E-state index contributed by atoms with van der Waals surface area (Å²) in [5.74, 6) is 1.73. The Labute approximate surface area is 234 Å². The van der Waals surface area contributed by atoms with E-state index in [0.717, 1.165) is 39.5 Å². The summed E-state index contributed by atoms with van der Waals surface area (Å²) in [5, 5.41) is 7.29. The highest BCUT2D eigenvalue weighted by molar-refractivity contribution is 5.90. The van der Waals surface area contributed by atoms with E-state index in [1.807, 2.05) is 91.0 Å². The lowest BCUT2D eigenvalue weighted by Gasteiger charge is -2.33. The van der Waals surface area contributed by atoms with Crippen LogP contribution >= 0.6 is 0 Å². The summed E-state index contributed by atoms with van der Waals surface area (Å²) in [6.45, 7) is 0.447. The number of ketones is 1. The van der Waals surface area contributed by atoms with Crippen molar-refractivity contribution in [2.75, 3.05) is 24.9 Å². The standard InChI is InChI=1S/C34H32N2O4/c1-38-31-17-16-23(20-32(31)39-2)24-18-28-33(29(37)19-24)34(36-27-14-8-7-13-26(27)35-28)25-12-6-9-15-30(25)40-21-22-10-4-3-5-11-22/h3-18,20,24,33-36H,19,21H2,1-2H3. The highest BCUT2D eigenvalue weighted by Crippen LogP contribution is 2.46. The van der Waals surface area contributed by atoms with Crippen LogP contribution in [0.15, 0.2) is 109 Å². The molecule has 0 radical (unpaired) electrons. The van der Waals surface area contributed by atoms with Gasteiger partial charge in [0, 0.05) is 23.6 Å². The molecule has 0 amide bonds. The number of nitrogens with one attached hydrogen (secondary N) is 2. The first-order valence-electron chi connectivity index (χ1n) is 13.5. The van der Waals surface area contributed by atoms with Crippen LogP contribution < -0.4 is 24.8 Å². The van der Waals surface area contributed by atoms with Crippen molar-refractivity contribution in [2.24, 2.45) is 5.92 Å². The van der Waals surface area contributed by atoms with E-state index >= 15 is 0 Å². The molecule has 6 heteroatoms. The summed E-state index contributed by atoms with van der Waals surface area (Å²) in [7, 11) is 3.25. The number of rotatable bonds is 7. The molecular weight excluding hydrogens is 500 g/mol. The average molecular weight is 533 g/mol. The Balaban J connectivity index is 1.40. The number of methoxy groups -OCH3 is 2. The highest BCUT2D eigenvalue weighted by atomic mass is 16.5. The molecule has 1 aliphatic carbocycles. The minimum atomic E-state index is -0.412. The number of allylic oxidation sites excluding steroid dienone is 1. The predicted octanol–water partition coefficient (Wildman–Crippen LogP) is 7.12. The summed E-state index contributed by atoms with van der Waals surface area (Å²) < 4.78 is 17.3. The van der Waals surface area contributed by atoms with Gasteiger partial charge in [0.25, 0.3) is 0 Å². The minimum absolute atomic E-state index is 0.0958. The van der Waals surface area contributed by atoms with E-state index in [1.54, 1.807) is 14.2 Å². The Morgan fingerprint density at radius 3 is 2.30 bits per heavy atom. The lowest BCUT2D eigenvalue weighted by atomic mass is 9.76. The number of para-hydroxylation sites is 3. The predicted molar refractivity (Wildman–Crippen MR) is 157 cm³/mol. The van der Waals surface area contributed by atoms with Crippen LogP contribution in [0, 0.1) is 5.92 Å². The number of carbonyl (C=O) groups is 1. The fourth-order valence-electron chi connectivity index (χ4n) is 5.66. The van der Waals surface area contributed by atoms with Gasteiger partial charge in [-0.25, -0.2) is 0 Å². The second kappa shape index (κ2) is 11.2. The topological polar surface area (TPSA) is 68.8 Å². The molecule has 40 heavy (non-hydrogen) atoms. The van der Waals surface area contributed by atoms with Crippen molar-refractivity contribution in [3.8, 4) is 17.2 Å². The monoisotopic (exact) mass is 532 g/mol. The van der Waals surface area contributed by atoms with Crippen LogP contribution in [-0.2, 0) is 11.4 Å². The van der Waals surface area contributed by atoms with E-state index in [2.05, 4.69) is 22.8 Å². The van der Waals surface area contributed by atoms with Crippen molar-refractivity contribution >= 4 is 17.2 Å². The van der Waals surface area contributed by atoms with E-state index in [1.165, 1.54) is 0 Å². The zero-order valence-corrected chi connectivity index (χ0v) is 22.6. The largest absolute Gasteiger partial charge is 0.493 e. The third-order valence-corrected chi connectivity index (χ3v) is 7.66. The molecule has 4 aromatic carbocycles. The van der Waals surface area contributed by atoms with Crippen LogP contribution in [0.2, 0.25) is 0 Å². The quantitative estimate of drug-likeness (QED) is 0.264. The molecule has 3 unspecified atom stereocenters. The van der Waals surface area contributed by atoms with Gasteiger partial charge in [-0.1, -0.05) is 72.8 Å². The Morgan fingerprint density at radius 1 is 0.775 bits per heavy atom. The van der Waals surface area contributed by atoms with Gasteiger partial charge in [-0.2, -0.15) is 0 Å². The third-order valence-electron chi connectivity index (χ3n) is 7.66. The Kier molecular flexibility index (Phi) is 7.15. The number of hydrogen-bond acceptors (Lipinski definition) is 6. The Hall–Kier alpha value is -4.71. The van der Waals surface area contributed by atoms with Gasteiger partial charge >= 0.3 is 0 Å². The SMILES string of the molecule is COc1ccc(C2C=C3Nc4ccccc4NC(c4ccccc4OCc4ccccc4)C3C(=O)C2)cc1OC. The molecule has 202 valence electrons. The molecule has 0 bridgehead atoms. The third kappa shape index (κ3) is 5.00. The van der Waals surface area contributed by atoms with Crippen molar-refractivity contribution < 1.29 is 19.0 Å². The van der Waals surface area contributed by atoms with Gasteiger partial charge in [0.05, 0.1) is 37.6 Å². The second-order valence-electron chi connectivity index (χ2n) is 10.1. The van der Waals surface area contributed by atoms with Gasteiger partial charge in [0.15, 0.2) is 11.5 Å². The molecule has 0 aromatic heterocycles. The van der Waals surface area contributed by atoms with E-state index in [9.17, 15) is 4.79 Å². The maximum Gasteiger partial charge on any atom is 0.161 e. The van der Waals surface area contributed by atoms with Crippen molar-refractivity contribution in [1.82, 2.24) is 0 Å². The first-order chi connectivity index (χ1) is 19.6. The van der Waals surface area contributed by atoms with Gasteiger partial charge in [0.2, 0.25) is 0 Å². The molecule has 6 rings (SSSR count). The summed E-state index contributed by atoms with van der Waals surface area (Å²) in [6.07, 6.45) is 2.57. The number of benzene rings is 4. The lowest BCUT2D eigenvalue weighted by molar-refractivity contribution is -0.122. The van der Waals surface area contributed by atoms with Gasteiger partial charge in [-0.3, -0.25) is 4.79 Å². The lowest BCUT2D eigenvalue weighted by Crippen LogP contribution is -2.34. The summed E-state index contributed by atoms with van der Waals surface area (Å²) >= 11 is 0. The number of ether oxygens (including phenoxy) is 3. The van der Waals surface area contributed by atoms with E-state index < -0.39 is 5.92 Å². The maximum absolute atomic E-state index is 14.1. The molecule has 0 fully saturated rings. The molecular formula is C34H32N2O4. The molecule has 1 aliphatic heterocycles. The van der Waals surface area contributed by atoms with Gasteiger partial charge in [-0.05, 0) is 41.5 Å². The molecule has 2 N–H and O–H groups in total. The zero-order valence-electron chi connectivity index (χ0n) is 22.6. The summed E-state index contributed by atoms with van der Waals surface area (Å²) in [5.41, 5.74) is 5.81. The van der Waals surface area contributed by atoms with Gasteiger partial charge in [0.1, 0.15) is 18.1 Å². The number of carbonyl (C=O) groups excluding carboxylic acids is 1. The second-order valence-corrected chi connectivity index (χ2v) is 10.1. The fraction of sp³-hybridized carbons (Fsp3) is 0.206. The molecule has 3 atom stereocenters. The van der Waals surface area contributed by atoms with Gasteiger partial charge in [-0.15, -0.1) is 0 Å². The highest BCUT2D eigenvalue weighted by Gasteiger charge is 2.40. The van der Waals surface area contributed by atoms with Crippen LogP contribution in [0.4, 0.5) is 11.4 Å². The smallest absolute Gasteiger partial charge is 0.161 e. The minimum Gasteiger partial charge on any atom is -0.493 e. The summed E-state index contributed by atoms with van der Waals surface area (Å²) in [4.78, 5) is 14.1. The summed E-state index contributed by atoms with van der Waals surface area (Å²) in [6, 6.07) is 31.7. The van der Waals surface area contributed by atoms with E-state index in [4.69, 9.17) is 14.2 Å². The zero-order chi connectivity index (χ0) is 27.5. The average Bonchev–Trinajstić information content (AvgIpc) is 3.17. The Morgan fingerprint density at radius 2 is 1.50 bits per heavy atom. The first-order valence-corrected chi connectivity index (χ1v) is 13.5. The number of Topliss-reactive ketones (excluding diaryl/α,β-unsaturated/α-hetero) is 1. The fourth-order valence-corrected chi connectivity index (χ4v) is 5.66. The molecule has 6 nitrogen and oxygen atoms in total. The van der Waals surface area contributed by atoms with Gasteiger partial charge < -0.3 is 24.8 Å². The molecule has 0 spiro atoms. The Bertz CT molecular complexity index is 1550. The van der Waals surface area contributed by atoms with Crippen molar-refractivity contribution in [1.29, 1.82) is 0 Å². The van der Waals surface area contributed by atoms with Crippen LogP contribution in [0.25, 0.3) is 0 Å². The molecule has 1 heterocycles. The molecule has 4 aromatic rings. The normalized spacial score (nSPS) is 19.6. The van der Waals surface area contributed by atoms with Crippen molar-refractivity contribution in [3.05, 3.63) is 126 Å². The van der Waals surface area contributed by atoms with Crippen LogP contribution in [0.1, 0.15) is 35.1 Å². The van der Waals surface area contributed by atoms with Crippen molar-refractivity contribution in [3.63, 3.8) is 0 Å². The number of anilines is 2. The number of hydrogen-bond donors (Lipinski definition) is 2. The molecule has 2 aliphatic rings. The first kappa shape index (κ1) is 25.6. The maximum atomic E-state index is 14.1. The van der Waals surface area contributed by atoms with E-state index in [0.29, 0.717) is 24.5 Å². The molecule has 0 saturated heterocycles. The van der Waals surface area contributed by atoms with Crippen molar-refractivity contribution in [2.45, 2.75) is 25.0 Å². The van der Waals surface area contributed by atoms with Crippen LogP contribution in [-0.4, -0.2) is 20.0 Å². The van der Waals surface area contributed by atoms with E-state index in [-0.39, 0.29) is 17.7 Å². The van der Waals surface area contributed by atoms with Crippen LogP contribution in [0.3, 0.4) is 0 Å². The number of fused-ring (bicyclic) bond motifs is 2.